The van der Waals surface area contributed by atoms with Crippen LogP contribution in [-0.4, -0.2) is 7.05 Å². The molecule has 0 bridgehead atoms. The number of hydrogen-bond donors (Lipinski definition) is 1. The second-order valence-electron chi connectivity index (χ2n) is 4.51. The van der Waals surface area contributed by atoms with E-state index < -0.39 is 17.6 Å². The van der Waals surface area contributed by atoms with Crippen molar-refractivity contribution in [1.29, 1.82) is 0 Å². The first-order valence-electron chi connectivity index (χ1n) is 6.08. The van der Waals surface area contributed by atoms with Crippen LogP contribution in [0.4, 0.5) is 17.6 Å². The summed E-state index contributed by atoms with van der Waals surface area (Å²) in [5, 5.41) is 4.89. The third-order valence-corrected chi connectivity index (χ3v) is 4.79. The highest BCUT2D eigenvalue weighted by atomic mass is 79.9. The molecule has 7 heteroatoms. The maximum absolute atomic E-state index is 13.3. The maximum Gasteiger partial charge on any atom is 0.419 e. The number of thiophene rings is 1. The number of hydrogen-bond acceptors (Lipinski definition) is 2. The molecule has 0 aliphatic heterocycles. The molecular formula is C14H12BrF4NS. The zero-order valence-corrected chi connectivity index (χ0v) is 13.4. The van der Waals surface area contributed by atoms with E-state index in [2.05, 4.69) is 21.2 Å². The molecule has 1 aromatic carbocycles. The Morgan fingerprint density at radius 2 is 2.00 bits per heavy atom. The van der Waals surface area contributed by atoms with Gasteiger partial charge in [0.1, 0.15) is 5.82 Å². The van der Waals surface area contributed by atoms with E-state index in [1.807, 2.05) is 11.4 Å². The van der Waals surface area contributed by atoms with Crippen molar-refractivity contribution in [2.45, 2.75) is 18.6 Å². The topological polar surface area (TPSA) is 12.0 Å². The third kappa shape index (κ3) is 4.05. The summed E-state index contributed by atoms with van der Waals surface area (Å²) in [6.07, 6.45) is -4.15. The fourth-order valence-electron chi connectivity index (χ4n) is 2.03. The number of nitrogens with one attached hydrogen (secondary N) is 1. The Hall–Kier alpha value is -0.920. The van der Waals surface area contributed by atoms with E-state index in [0.717, 1.165) is 21.5 Å². The van der Waals surface area contributed by atoms with Crippen molar-refractivity contribution in [2.24, 2.45) is 0 Å². The van der Waals surface area contributed by atoms with Crippen molar-refractivity contribution in [3.8, 4) is 0 Å². The van der Waals surface area contributed by atoms with Crippen LogP contribution in [0.15, 0.2) is 34.1 Å². The third-order valence-electron chi connectivity index (χ3n) is 3.07. The van der Waals surface area contributed by atoms with E-state index >= 15 is 0 Å². The summed E-state index contributed by atoms with van der Waals surface area (Å²) in [4.78, 5) is 1.03. The Morgan fingerprint density at radius 3 is 2.52 bits per heavy atom. The van der Waals surface area contributed by atoms with E-state index in [1.54, 1.807) is 7.05 Å². The molecule has 0 aliphatic rings. The van der Waals surface area contributed by atoms with Gasteiger partial charge in [0.15, 0.2) is 0 Å². The summed E-state index contributed by atoms with van der Waals surface area (Å²) < 4.78 is 52.5. The van der Waals surface area contributed by atoms with Crippen LogP contribution in [0.2, 0.25) is 0 Å². The van der Waals surface area contributed by atoms with Gasteiger partial charge in [-0.2, -0.15) is 13.2 Å². The summed E-state index contributed by atoms with van der Waals surface area (Å²) >= 11 is 4.86. The lowest BCUT2D eigenvalue weighted by atomic mass is 10.00. The van der Waals surface area contributed by atoms with Gasteiger partial charge in [-0.25, -0.2) is 4.39 Å². The molecule has 1 nitrogen and oxygen atoms in total. The second kappa shape index (κ2) is 6.46. The molecule has 1 aromatic heterocycles. The molecule has 0 saturated heterocycles. The van der Waals surface area contributed by atoms with Gasteiger partial charge >= 0.3 is 6.18 Å². The predicted octanol–water partition coefficient (Wildman–Crippen LogP) is 5.17. The molecule has 0 spiro atoms. The zero-order valence-electron chi connectivity index (χ0n) is 11.0. The van der Waals surface area contributed by atoms with Gasteiger partial charge in [-0.3, -0.25) is 0 Å². The van der Waals surface area contributed by atoms with Crippen molar-refractivity contribution in [3.63, 3.8) is 0 Å². The summed E-state index contributed by atoms with van der Waals surface area (Å²) in [5.74, 6) is -1.25. The molecule has 0 saturated carbocycles. The zero-order chi connectivity index (χ0) is 15.6. The van der Waals surface area contributed by atoms with Gasteiger partial charge in [0.05, 0.1) is 5.56 Å². The van der Waals surface area contributed by atoms with E-state index in [0.29, 0.717) is 12.0 Å². The Kier molecular flexibility index (Phi) is 5.06. The second-order valence-corrected chi connectivity index (χ2v) is 6.43. The van der Waals surface area contributed by atoms with E-state index in [9.17, 15) is 17.6 Å². The van der Waals surface area contributed by atoms with E-state index in [4.69, 9.17) is 0 Å². The molecule has 1 unspecified atom stereocenters. The number of alkyl halides is 3. The number of likely N-dealkylation sites (N-methyl/N-ethyl adjacent to an activating group) is 1. The molecule has 114 valence electrons. The van der Waals surface area contributed by atoms with Crippen molar-refractivity contribution in [1.82, 2.24) is 5.32 Å². The van der Waals surface area contributed by atoms with E-state index in [-0.39, 0.29) is 6.04 Å². The Morgan fingerprint density at radius 1 is 1.29 bits per heavy atom. The highest BCUT2D eigenvalue weighted by Crippen LogP contribution is 2.34. The van der Waals surface area contributed by atoms with Gasteiger partial charge < -0.3 is 5.32 Å². The molecule has 2 aromatic rings. The van der Waals surface area contributed by atoms with Crippen LogP contribution in [0, 0.1) is 5.82 Å². The molecule has 0 aliphatic carbocycles. The smallest absolute Gasteiger partial charge is 0.313 e. The highest BCUT2D eigenvalue weighted by molar-refractivity contribution is 9.10. The normalized spacial score (nSPS) is 13.4. The van der Waals surface area contributed by atoms with Gasteiger partial charge in [0.25, 0.3) is 0 Å². The molecule has 1 heterocycles. The molecule has 0 amide bonds. The van der Waals surface area contributed by atoms with Crippen LogP contribution >= 0.6 is 27.3 Å². The van der Waals surface area contributed by atoms with Crippen molar-refractivity contribution >= 4 is 27.3 Å². The monoisotopic (exact) mass is 381 g/mol. The minimum Gasteiger partial charge on any atom is -0.313 e. The fraction of sp³-hybridized carbons (Fsp3) is 0.286. The fourth-order valence-corrected chi connectivity index (χ4v) is 3.52. The van der Waals surface area contributed by atoms with Crippen LogP contribution < -0.4 is 5.32 Å². The van der Waals surface area contributed by atoms with Crippen LogP contribution in [0.5, 0.6) is 0 Å². The predicted molar refractivity (Wildman–Crippen MR) is 78.9 cm³/mol. The molecular weight excluding hydrogens is 370 g/mol. The molecule has 1 atom stereocenters. The summed E-state index contributed by atoms with van der Waals surface area (Å²) in [6, 6.07) is 4.74. The molecule has 2 rings (SSSR count). The largest absolute Gasteiger partial charge is 0.419 e. The molecule has 1 N–H and O–H groups in total. The quantitative estimate of drug-likeness (QED) is 0.720. The molecule has 21 heavy (non-hydrogen) atoms. The molecule has 0 fully saturated rings. The average molecular weight is 382 g/mol. The summed E-state index contributed by atoms with van der Waals surface area (Å²) in [6.45, 7) is 0. The lowest BCUT2D eigenvalue weighted by Crippen LogP contribution is -2.19. The van der Waals surface area contributed by atoms with Gasteiger partial charge in [0.2, 0.25) is 0 Å². The van der Waals surface area contributed by atoms with Crippen LogP contribution in [0.1, 0.15) is 22.0 Å². The minimum absolute atomic E-state index is 0.308. The lowest BCUT2D eigenvalue weighted by Gasteiger charge is -2.18. The number of halogens is 5. The van der Waals surface area contributed by atoms with Crippen LogP contribution in [-0.2, 0) is 12.6 Å². The first-order chi connectivity index (χ1) is 9.81. The maximum atomic E-state index is 13.3. The standard InChI is InChI=1S/C14H12BrF4NS/c1-20-13(6-10-5-9(15)7-21-10)8-2-3-12(16)11(4-8)14(17,18)19/h2-5,7,13,20H,6H2,1H3. The van der Waals surface area contributed by atoms with Gasteiger partial charge in [-0.05, 0) is 46.7 Å². The summed E-state index contributed by atoms with van der Waals surface area (Å²) in [5.41, 5.74) is -0.816. The first kappa shape index (κ1) is 16.5. The van der Waals surface area contributed by atoms with Crippen molar-refractivity contribution < 1.29 is 17.6 Å². The van der Waals surface area contributed by atoms with Gasteiger partial charge in [-0.15, -0.1) is 11.3 Å². The van der Waals surface area contributed by atoms with Gasteiger partial charge in [0, 0.05) is 27.2 Å². The van der Waals surface area contributed by atoms with Crippen molar-refractivity contribution in [3.05, 3.63) is 55.9 Å². The van der Waals surface area contributed by atoms with Gasteiger partial charge in [-0.1, -0.05) is 6.07 Å². The van der Waals surface area contributed by atoms with Crippen LogP contribution in [0.3, 0.4) is 0 Å². The minimum atomic E-state index is -4.69. The summed E-state index contributed by atoms with van der Waals surface area (Å²) in [7, 11) is 1.67. The number of benzene rings is 1. The Bertz CT molecular complexity index is 624. The Balaban J connectivity index is 2.30. The highest BCUT2D eigenvalue weighted by Gasteiger charge is 2.34. The molecule has 0 radical (unpaired) electrons. The lowest BCUT2D eigenvalue weighted by molar-refractivity contribution is -0.140. The first-order valence-corrected chi connectivity index (χ1v) is 7.75. The Labute approximate surface area is 132 Å². The average Bonchev–Trinajstić information content (AvgIpc) is 2.81. The van der Waals surface area contributed by atoms with Crippen LogP contribution in [0.25, 0.3) is 0 Å². The van der Waals surface area contributed by atoms with E-state index in [1.165, 1.54) is 17.4 Å². The number of rotatable bonds is 4. The SMILES string of the molecule is CNC(Cc1cc(Br)cs1)c1ccc(F)c(C(F)(F)F)c1. The van der Waals surface area contributed by atoms with Crippen molar-refractivity contribution in [2.75, 3.05) is 7.05 Å².